The first-order valence-electron chi connectivity index (χ1n) is 7.74. The molecule has 1 fully saturated rings. The molecule has 0 heterocycles. The van der Waals surface area contributed by atoms with E-state index in [-0.39, 0.29) is 11.7 Å². The minimum absolute atomic E-state index is 0.0570. The van der Waals surface area contributed by atoms with Crippen LogP contribution in [0.2, 0.25) is 0 Å². The van der Waals surface area contributed by atoms with Crippen molar-refractivity contribution in [1.29, 1.82) is 0 Å². The number of carbonyl (C=O) groups excluding carboxylic acids is 1. The number of nitrogens with zero attached hydrogens (tertiary/aromatic N) is 1. The molecule has 3 rings (SSSR count). The number of allylic oxidation sites excluding steroid dienone is 1. The number of aliphatic hydroxyl groups excluding tert-OH is 1. The molecule has 23 heavy (non-hydrogen) atoms. The Labute approximate surface area is 136 Å². The van der Waals surface area contributed by atoms with Crippen LogP contribution in [-0.4, -0.2) is 16.6 Å². The summed E-state index contributed by atoms with van der Waals surface area (Å²) in [6.07, 6.45) is 1.95. The number of carbonyl (C=O) groups is 1. The lowest BCUT2D eigenvalue weighted by molar-refractivity contribution is -0.115. The molecule has 1 aliphatic rings. The molecule has 1 atom stereocenters. The van der Waals surface area contributed by atoms with Crippen LogP contribution in [0.3, 0.4) is 0 Å². The van der Waals surface area contributed by atoms with Crippen LogP contribution in [0.4, 0.5) is 5.69 Å². The summed E-state index contributed by atoms with van der Waals surface area (Å²) >= 11 is 0. The number of hydrogen-bond donors (Lipinski definition) is 1. The Balaban J connectivity index is 1.95. The number of aliphatic imine (C=N–C) groups is 1. The molecule has 0 spiro atoms. The van der Waals surface area contributed by atoms with Crippen LogP contribution in [-0.2, 0) is 4.79 Å². The van der Waals surface area contributed by atoms with Gasteiger partial charge in [0.25, 0.3) is 0 Å². The van der Waals surface area contributed by atoms with Crippen molar-refractivity contribution in [2.45, 2.75) is 25.7 Å². The maximum atomic E-state index is 12.4. The van der Waals surface area contributed by atoms with Gasteiger partial charge in [0.05, 0.1) is 23.2 Å². The summed E-state index contributed by atoms with van der Waals surface area (Å²) < 4.78 is 0. The lowest BCUT2D eigenvalue weighted by Crippen LogP contribution is -2.25. The van der Waals surface area contributed by atoms with E-state index in [4.69, 9.17) is 0 Å². The summed E-state index contributed by atoms with van der Waals surface area (Å²) in [5.74, 6) is 0.0510. The van der Waals surface area contributed by atoms with Gasteiger partial charge in [-0.25, -0.2) is 0 Å². The van der Waals surface area contributed by atoms with Crippen LogP contribution in [0.5, 0.6) is 0 Å². The molecule has 0 saturated heterocycles. The van der Waals surface area contributed by atoms with Gasteiger partial charge in [-0.05, 0) is 37.0 Å². The Hall–Kier alpha value is -2.68. The quantitative estimate of drug-likeness (QED) is 0.648. The van der Waals surface area contributed by atoms with Gasteiger partial charge >= 0.3 is 0 Å². The lowest BCUT2D eigenvalue weighted by atomic mass is 9.80. The summed E-state index contributed by atoms with van der Waals surface area (Å²) in [6.45, 7) is 2.02. The van der Waals surface area contributed by atoms with E-state index >= 15 is 0 Å². The minimum atomic E-state index is -0.0570. The standard InChI is InChI=1S/C20H19NO2/c1-14-7-9-17(10-8-14)21-19-11-16(12-20(23)18(19)13-22)15-5-3-2-4-6-15/h2-10,13,16,22H,11-12H2,1H3/t16-/m0/s1. The number of aliphatic hydroxyl groups is 1. The van der Waals surface area contributed by atoms with Crippen LogP contribution in [0.15, 0.2) is 71.4 Å². The molecule has 0 radical (unpaired) electrons. The second-order valence-corrected chi connectivity index (χ2v) is 5.88. The molecular weight excluding hydrogens is 286 g/mol. The molecule has 0 aromatic heterocycles. The van der Waals surface area contributed by atoms with Crippen molar-refractivity contribution < 1.29 is 9.90 Å². The molecule has 116 valence electrons. The SMILES string of the molecule is Cc1ccc(N=C2C[C@H](c3ccccc3)CC(=O)C2=CO)cc1. The zero-order valence-corrected chi connectivity index (χ0v) is 13.1. The third kappa shape index (κ3) is 3.39. The first-order chi connectivity index (χ1) is 11.2. The number of hydrogen-bond acceptors (Lipinski definition) is 3. The van der Waals surface area contributed by atoms with Crippen molar-refractivity contribution in [1.82, 2.24) is 0 Å². The van der Waals surface area contributed by atoms with Gasteiger partial charge in [0.1, 0.15) is 0 Å². The maximum absolute atomic E-state index is 12.4. The van der Waals surface area contributed by atoms with Crippen molar-refractivity contribution in [2.24, 2.45) is 4.99 Å². The average molecular weight is 305 g/mol. The molecular formula is C20H19NO2. The van der Waals surface area contributed by atoms with Gasteiger partial charge in [0, 0.05) is 6.42 Å². The van der Waals surface area contributed by atoms with E-state index in [0.29, 0.717) is 24.1 Å². The lowest BCUT2D eigenvalue weighted by Gasteiger charge is -2.24. The summed E-state index contributed by atoms with van der Waals surface area (Å²) in [7, 11) is 0. The van der Waals surface area contributed by atoms with Crippen molar-refractivity contribution in [2.75, 3.05) is 0 Å². The summed E-state index contributed by atoms with van der Waals surface area (Å²) in [5, 5.41) is 9.45. The predicted octanol–water partition coefficient (Wildman–Crippen LogP) is 4.66. The Morgan fingerprint density at radius 2 is 1.74 bits per heavy atom. The number of benzene rings is 2. The monoisotopic (exact) mass is 305 g/mol. The zero-order chi connectivity index (χ0) is 16.2. The molecule has 2 aromatic rings. The average Bonchev–Trinajstić information content (AvgIpc) is 2.57. The van der Waals surface area contributed by atoms with Gasteiger partial charge in [-0.15, -0.1) is 0 Å². The Morgan fingerprint density at radius 3 is 2.39 bits per heavy atom. The van der Waals surface area contributed by atoms with Crippen molar-refractivity contribution in [3.05, 3.63) is 77.6 Å². The molecule has 0 bridgehead atoms. The van der Waals surface area contributed by atoms with Crippen molar-refractivity contribution >= 4 is 17.2 Å². The van der Waals surface area contributed by atoms with E-state index in [1.54, 1.807) is 0 Å². The largest absolute Gasteiger partial charge is 0.515 e. The zero-order valence-electron chi connectivity index (χ0n) is 13.1. The Kier molecular flexibility index (Phi) is 4.38. The Bertz CT molecular complexity index is 758. The molecule has 1 N–H and O–H groups in total. The van der Waals surface area contributed by atoms with Gasteiger partial charge in [-0.2, -0.15) is 0 Å². The van der Waals surface area contributed by atoms with Crippen LogP contribution >= 0.6 is 0 Å². The van der Waals surface area contributed by atoms with Crippen LogP contribution in [0.1, 0.15) is 29.9 Å². The third-order valence-corrected chi connectivity index (χ3v) is 4.18. The highest BCUT2D eigenvalue weighted by molar-refractivity contribution is 6.24. The topological polar surface area (TPSA) is 49.7 Å². The predicted molar refractivity (Wildman–Crippen MR) is 92.4 cm³/mol. The molecule has 1 saturated carbocycles. The number of Topliss-reactive ketones (excluding diaryl/α,β-unsaturated/α-hetero) is 1. The molecule has 0 amide bonds. The minimum Gasteiger partial charge on any atom is -0.515 e. The van der Waals surface area contributed by atoms with Crippen LogP contribution in [0, 0.1) is 6.92 Å². The van der Waals surface area contributed by atoms with Crippen LogP contribution in [0.25, 0.3) is 0 Å². The van der Waals surface area contributed by atoms with E-state index in [1.807, 2.05) is 61.5 Å². The van der Waals surface area contributed by atoms with Gasteiger partial charge in [0.2, 0.25) is 0 Å². The van der Waals surface area contributed by atoms with Gasteiger partial charge in [-0.1, -0.05) is 48.0 Å². The maximum Gasteiger partial charge on any atom is 0.168 e. The summed E-state index contributed by atoms with van der Waals surface area (Å²) in [6, 6.07) is 17.8. The number of aryl methyl sites for hydroxylation is 1. The highest BCUT2D eigenvalue weighted by Crippen LogP contribution is 2.33. The van der Waals surface area contributed by atoms with E-state index in [1.165, 1.54) is 0 Å². The normalized spacial score (nSPS) is 21.8. The molecule has 2 aromatic carbocycles. The molecule has 0 unspecified atom stereocenters. The van der Waals surface area contributed by atoms with E-state index < -0.39 is 0 Å². The second kappa shape index (κ2) is 6.61. The molecule has 0 aliphatic heterocycles. The van der Waals surface area contributed by atoms with E-state index in [0.717, 1.165) is 23.1 Å². The molecule has 3 nitrogen and oxygen atoms in total. The molecule has 3 heteroatoms. The summed E-state index contributed by atoms with van der Waals surface area (Å²) in [5.41, 5.74) is 4.08. The first-order valence-corrected chi connectivity index (χ1v) is 7.74. The second-order valence-electron chi connectivity index (χ2n) is 5.88. The molecule has 1 aliphatic carbocycles. The fraction of sp³-hybridized carbons (Fsp3) is 0.200. The fourth-order valence-electron chi connectivity index (χ4n) is 2.90. The van der Waals surface area contributed by atoms with Crippen molar-refractivity contribution in [3.63, 3.8) is 0 Å². The Morgan fingerprint density at radius 1 is 1.04 bits per heavy atom. The smallest absolute Gasteiger partial charge is 0.168 e. The van der Waals surface area contributed by atoms with Gasteiger partial charge < -0.3 is 5.11 Å². The van der Waals surface area contributed by atoms with Gasteiger partial charge in [0.15, 0.2) is 5.78 Å². The first kappa shape index (κ1) is 15.2. The highest BCUT2D eigenvalue weighted by Gasteiger charge is 2.30. The van der Waals surface area contributed by atoms with Crippen LogP contribution < -0.4 is 0 Å². The number of ketones is 1. The third-order valence-electron chi connectivity index (χ3n) is 4.18. The number of rotatable bonds is 2. The van der Waals surface area contributed by atoms with E-state index in [9.17, 15) is 9.90 Å². The van der Waals surface area contributed by atoms with E-state index in [2.05, 4.69) is 4.99 Å². The summed E-state index contributed by atoms with van der Waals surface area (Å²) in [4.78, 5) is 17.0. The fourth-order valence-corrected chi connectivity index (χ4v) is 2.90. The highest BCUT2D eigenvalue weighted by atomic mass is 16.2. The van der Waals surface area contributed by atoms with Crippen molar-refractivity contribution in [3.8, 4) is 0 Å². The van der Waals surface area contributed by atoms with Gasteiger partial charge in [-0.3, -0.25) is 9.79 Å².